The van der Waals surface area contributed by atoms with Crippen molar-refractivity contribution in [2.24, 2.45) is 0 Å². The fraction of sp³-hybridized carbons (Fsp3) is 0.214. The summed E-state index contributed by atoms with van der Waals surface area (Å²) in [5.74, 6) is 5.37. The Labute approximate surface area is 110 Å². The highest BCUT2D eigenvalue weighted by Crippen LogP contribution is 2.19. The zero-order valence-electron chi connectivity index (χ0n) is 10.4. The van der Waals surface area contributed by atoms with Crippen LogP contribution in [0.5, 0.6) is 0 Å². The molecule has 1 heterocycles. The van der Waals surface area contributed by atoms with Gasteiger partial charge in [0.1, 0.15) is 18.1 Å². The second kappa shape index (κ2) is 5.79. The summed E-state index contributed by atoms with van der Waals surface area (Å²) in [6, 6.07) is 6.00. The summed E-state index contributed by atoms with van der Waals surface area (Å²) in [6.45, 7) is 2.36. The van der Waals surface area contributed by atoms with Crippen LogP contribution in [0, 0.1) is 29.0 Å². The van der Waals surface area contributed by atoms with Gasteiger partial charge < -0.3 is 0 Å². The lowest BCUT2D eigenvalue weighted by Crippen LogP contribution is -2.00. The average molecular weight is 254 g/mol. The zero-order valence-corrected chi connectivity index (χ0v) is 10.4. The van der Waals surface area contributed by atoms with Gasteiger partial charge in [0.25, 0.3) is 0 Å². The molecule has 0 bridgehead atoms. The number of nitrogens with zero attached hydrogens (tertiary/aromatic N) is 4. The van der Waals surface area contributed by atoms with E-state index in [4.69, 9.17) is 5.26 Å². The first-order valence-corrected chi connectivity index (χ1v) is 5.80. The lowest BCUT2D eigenvalue weighted by Gasteiger charge is -1.97. The first-order valence-electron chi connectivity index (χ1n) is 5.80. The lowest BCUT2D eigenvalue weighted by atomic mass is 10.1. The molecule has 2 rings (SSSR count). The number of rotatable bonds is 2. The molecule has 1 aromatic carbocycles. The Morgan fingerprint density at radius 2 is 2.16 bits per heavy atom. The first kappa shape index (κ1) is 12.8. The van der Waals surface area contributed by atoms with E-state index in [-0.39, 0.29) is 5.56 Å². The summed E-state index contributed by atoms with van der Waals surface area (Å²) in [4.78, 5) is 1.44. The van der Waals surface area contributed by atoms with Gasteiger partial charge >= 0.3 is 0 Å². The van der Waals surface area contributed by atoms with Gasteiger partial charge in [0.05, 0.1) is 17.8 Å². The molecular weight excluding hydrogens is 243 g/mol. The quantitative estimate of drug-likeness (QED) is 0.773. The highest BCUT2D eigenvalue weighted by molar-refractivity contribution is 5.60. The van der Waals surface area contributed by atoms with Crippen molar-refractivity contribution in [3.05, 3.63) is 35.8 Å². The molecule has 0 saturated heterocycles. The Balaban J connectivity index is 2.28. The van der Waals surface area contributed by atoms with Crippen LogP contribution in [-0.4, -0.2) is 15.0 Å². The minimum absolute atomic E-state index is 0.260. The van der Waals surface area contributed by atoms with Crippen LogP contribution in [0.3, 0.4) is 0 Å². The van der Waals surface area contributed by atoms with E-state index in [1.54, 1.807) is 6.07 Å². The molecule has 0 unspecified atom stereocenters. The number of hydrogen-bond donors (Lipinski definition) is 0. The van der Waals surface area contributed by atoms with Crippen molar-refractivity contribution in [3.63, 3.8) is 0 Å². The zero-order chi connectivity index (χ0) is 13.7. The molecule has 4 nitrogen and oxygen atoms in total. The predicted molar refractivity (Wildman–Crippen MR) is 68.2 cm³/mol. The number of hydrogen-bond acceptors (Lipinski definition) is 3. The van der Waals surface area contributed by atoms with Gasteiger partial charge in [0, 0.05) is 12.0 Å². The van der Waals surface area contributed by atoms with Crippen molar-refractivity contribution in [2.75, 3.05) is 0 Å². The smallest absolute Gasteiger partial charge is 0.125 e. The van der Waals surface area contributed by atoms with Crippen LogP contribution in [0.25, 0.3) is 11.3 Å². The molecule has 2 aromatic rings. The molecule has 0 saturated carbocycles. The van der Waals surface area contributed by atoms with Gasteiger partial charge in [-0.25, -0.2) is 4.39 Å². The Morgan fingerprint density at radius 3 is 2.89 bits per heavy atom. The maximum Gasteiger partial charge on any atom is 0.125 e. The molecule has 0 amide bonds. The van der Waals surface area contributed by atoms with E-state index < -0.39 is 5.82 Å². The summed E-state index contributed by atoms with van der Waals surface area (Å²) in [7, 11) is 0. The third-order valence-electron chi connectivity index (χ3n) is 2.38. The largest absolute Gasteiger partial charge is 0.207 e. The van der Waals surface area contributed by atoms with Crippen molar-refractivity contribution in [2.45, 2.75) is 19.9 Å². The number of halogens is 1. The summed E-state index contributed by atoms with van der Waals surface area (Å²) >= 11 is 0. The molecule has 1 aromatic heterocycles. The van der Waals surface area contributed by atoms with Crippen LogP contribution in [0.1, 0.15) is 18.9 Å². The molecule has 0 atom stereocenters. The lowest BCUT2D eigenvalue weighted by molar-refractivity contribution is 0.612. The van der Waals surface area contributed by atoms with Gasteiger partial charge in [-0.2, -0.15) is 20.3 Å². The number of aromatic nitrogens is 3. The van der Waals surface area contributed by atoms with Crippen molar-refractivity contribution in [1.82, 2.24) is 15.0 Å². The van der Waals surface area contributed by atoms with Crippen molar-refractivity contribution >= 4 is 0 Å². The van der Waals surface area contributed by atoms with Crippen LogP contribution in [0.2, 0.25) is 0 Å². The van der Waals surface area contributed by atoms with E-state index in [0.29, 0.717) is 17.8 Å². The minimum atomic E-state index is -0.464. The van der Waals surface area contributed by atoms with E-state index in [2.05, 4.69) is 22.0 Å². The summed E-state index contributed by atoms with van der Waals surface area (Å²) in [5, 5.41) is 17.0. The second-order valence-electron chi connectivity index (χ2n) is 3.81. The van der Waals surface area contributed by atoms with Crippen LogP contribution in [0.15, 0.2) is 24.4 Å². The van der Waals surface area contributed by atoms with Gasteiger partial charge in [0.15, 0.2) is 0 Å². The van der Waals surface area contributed by atoms with Gasteiger partial charge in [-0.1, -0.05) is 12.8 Å². The van der Waals surface area contributed by atoms with E-state index >= 15 is 0 Å². The fourth-order valence-electron chi connectivity index (χ4n) is 1.56. The molecule has 0 spiro atoms. The highest BCUT2D eigenvalue weighted by atomic mass is 19.1. The van der Waals surface area contributed by atoms with Crippen molar-refractivity contribution in [1.29, 1.82) is 5.26 Å². The topological polar surface area (TPSA) is 54.5 Å². The maximum atomic E-state index is 13.3. The average Bonchev–Trinajstić information content (AvgIpc) is 2.87. The standard InChI is InChI=1S/C14H11FN4/c1-2-3-4-5-19-17-10-14(18-19)12-6-11(9-16)7-13(15)8-12/h6-8,10H,2,5H2,1H3. The highest BCUT2D eigenvalue weighted by Gasteiger charge is 2.06. The fourth-order valence-corrected chi connectivity index (χ4v) is 1.56. The third-order valence-corrected chi connectivity index (χ3v) is 2.38. The molecule has 5 heteroatoms. The van der Waals surface area contributed by atoms with Gasteiger partial charge in [-0.3, -0.25) is 0 Å². The maximum absolute atomic E-state index is 13.3. The summed E-state index contributed by atoms with van der Waals surface area (Å²) in [6.07, 6.45) is 2.31. The van der Waals surface area contributed by atoms with Gasteiger partial charge in [-0.05, 0) is 18.2 Å². The molecular formula is C14H11FN4. The first-order chi connectivity index (χ1) is 9.22. The summed E-state index contributed by atoms with van der Waals surface area (Å²) in [5.41, 5.74) is 1.32. The van der Waals surface area contributed by atoms with Crippen molar-refractivity contribution in [3.8, 4) is 29.2 Å². The van der Waals surface area contributed by atoms with E-state index in [1.807, 2.05) is 13.0 Å². The molecule has 0 aliphatic carbocycles. The van der Waals surface area contributed by atoms with Crippen molar-refractivity contribution < 1.29 is 4.39 Å². The normalized spacial score (nSPS) is 9.53. The van der Waals surface area contributed by atoms with Crippen LogP contribution in [0.4, 0.5) is 4.39 Å². The Hall–Kier alpha value is -2.66. The molecule has 0 fully saturated rings. The van der Waals surface area contributed by atoms with E-state index in [0.717, 1.165) is 6.42 Å². The molecule has 0 aliphatic rings. The monoisotopic (exact) mass is 254 g/mol. The van der Waals surface area contributed by atoms with Crippen LogP contribution < -0.4 is 0 Å². The Morgan fingerprint density at radius 1 is 1.32 bits per heavy atom. The number of nitriles is 1. The van der Waals surface area contributed by atoms with Gasteiger partial charge in [-0.15, -0.1) is 5.92 Å². The van der Waals surface area contributed by atoms with Crippen LogP contribution in [-0.2, 0) is 6.54 Å². The third kappa shape index (κ3) is 3.17. The molecule has 0 aliphatic heterocycles. The SMILES string of the molecule is CCC#CCn1ncc(-c2cc(F)cc(C#N)c2)n1. The molecule has 19 heavy (non-hydrogen) atoms. The predicted octanol–water partition coefficient (Wildman–Crippen LogP) is 2.37. The Bertz CT molecular complexity index is 685. The minimum Gasteiger partial charge on any atom is -0.207 e. The van der Waals surface area contributed by atoms with Gasteiger partial charge in [0.2, 0.25) is 0 Å². The van der Waals surface area contributed by atoms with Crippen LogP contribution >= 0.6 is 0 Å². The van der Waals surface area contributed by atoms with E-state index in [1.165, 1.54) is 23.1 Å². The Kier molecular flexibility index (Phi) is 3.90. The molecule has 0 N–H and O–H groups in total. The molecule has 94 valence electrons. The number of benzene rings is 1. The molecule has 0 radical (unpaired) electrons. The summed E-state index contributed by atoms with van der Waals surface area (Å²) < 4.78 is 13.3. The van der Waals surface area contributed by atoms with E-state index in [9.17, 15) is 4.39 Å². The second-order valence-corrected chi connectivity index (χ2v) is 3.81.